The fourth-order valence-corrected chi connectivity index (χ4v) is 1.65. The summed E-state index contributed by atoms with van der Waals surface area (Å²) in [5.74, 6) is 1.14. The third-order valence-electron chi connectivity index (χ3n) is 2.14. The predicted octanol–water partition coefficient (Wildman–Crippen LogP) is 3.64. The fourth-order valence-electron chi connectivity index (χ4n) is 1.32. The van der Waals surface area contributed by atoms with Crippen LogP contribution in [0.4, 0.5) is 0 Å². The minimum Gasteiger partial charge on any atom is -0.456 e. The molecule has 2 aromatic rings. The predicted molar refractivity (Wildman–Crippen MR) is 68.7 cm³/mol. The smallest absolute Gasteiger partial charge is 0.147 e. The lowest BCUT2D eigenvalue weighted by Gasteiger charge is -2.08. The lowest BCUT2D eigenvalue weighted by atomic mass is 10.3. The molecule has 3 nitrogen and oxygen atoms in total. The van der Waals surface area contributed by atoms with E-state index in [-0.39, 0.29) is 0 Å². The first kappa shape index (κ1) is 12.2. The lowest BCUT2D eigenvalue weighted by molar-refractivity contribution is 0.481. The molecule has 2 N–H and O–H groups in total. The van der Waals surface area contributed by atoms with Crippen LogP contribution in [-0.4, -0.2) is 4.98 Å². The number of benzene rings is 1. The van der Waals surface area contributed by atoms with Crippen LogP contribution in [0.2, 0.25) is 10.0 Å². The SMILES string of the molecule is NCc1cc(Oc2cccc(Cl)c2Cl)ccn1. The van der Waals surface area contributed by atoms with Crippen LogP contribution in [0.5, 0.6) is 11.5 Å². The summed E-state index contributed by atoms with van der Waals surface area (Å²) in [5.41, 5.74) is 6.25. The van der Waals surface area contributed by atoms with Crippen molar-refractivity contribution >= 4 is 23.2 Å². The highest BCUT2D eigenvalue weighted by Gasteiger charge is 2.06. The molecular weight excluding hydrogens is 259 g/mol. The van der Waals surface area contributed by atoms with E-state index >= 15 is 0 Å². The zero-order chi connectivity index (χ0) is 12.3. The Balaban J connectivity index is 2.28. The van der Waals surface area contributed by atoms with Crippen LogP contribution in [0.1, 0.15) is 5.69 Å². The Morgan fingerprint density at radius 3 is 2.82 bits per heavy atom. The van der Waals surface area contributed by atoms with Crippen LogP contribution in [0.25, 0.3) is 0 Å². The van der Waals surface area contributed by atoms with Crippen LogP contribution in [0.3, 0.4) is 0 Å². The summed E-state index contributed by atoms with van der Waals surface area (Å²) in [6.07, 6.45) is 1.63. The average molecular weight is 269 g/mol. The molecule has 0 spiro atoms. The fraction of sp³-hybridized carbons (Fsp3) is 0.0833. The Morgan fingerprint density at radius 1 is 1.24 bits per heavy atom. The Kier molecular flexibility index (Phi) is 3.84. The van der Waals surface area contributed by atoms with Crippen molar-refractivity contribution in [3.8, 4) is 11.5 Å². The second-order valence-electron chi connectivity index (χ2n) is 3.34. The van der Waals surface area contributed by atoms with Gasteiger partial charge in [-0.25, -0.2) is 0 Å². The van der Waals surface area contributed by atoms with Gasteiger partial charge in [0.2, 0.25) is 0 Å². The molecule has 0 aliphatic heterocycles. The van der Waals surface area contributed by atoms with Gasteiger partial charge in [0.05, 0.1) is 10.7 Å². The van der Waals surface area contributed by atoms with Crippen LogP contribution in [-0.2, 0) is 6.54 Å². The summed E-state index contributed by atoms with van der Waals surface area (Å²) in [4.78, 5) is 4.08. The Bertz CT molecular complexity index is 532. The summed E-state index contributed by atoms with van der Waals surface area (Å²) < 4.78 is 5.62. The average Bonchev–Trinajstić information content (AvgIpc) is 2.35. The second-order valence-corrected chi connectivity index (χ2v) is 4.13. The monoisotopic (exact) mass is 268 g/mol. The summed E-state index contributed by atoms with van der Waals surface area (Å²) in [6, 6.07) is 8.72. The van der Waals surface area contributed by atoms with Crippen molar-refractivity contribution in [1.29, 1.82) is 0 Å². The third-order valence-corrected chi connectivity index (χ3v) is 2.94. The summed E-state index contributed by atoms with van der Waals surface area (Å²) in [5, 5.41) is 0.845. The topological polar surface area (TPSA) is 48.1 Å². The highest BCUT2D eigenvalue weighted by Crippen LogP contribution is 2.34. The molecule has 2 rings (SSSR count). The zero-order valence-corrected chi connectivity index (χ0v) is 10.4. The molecule has 0 amide bonds. The lowest BCUT2D eigenvalue weighted by Crippen LogP contribution is -1.99. The number of halogens is 2. The van der Waals surface area contributed by atoms with E-state index in [0.717, 1.165) is 5.69 Å². The van der Waals surface area contributed by atoms with Crippen molar-refractivity contribution in [2.24, 2.45) is 5.73 Å². The maximum atomic E-state index is 6.02. The van der Waals surface area contributed by atoms with Gasteiger partial charge >= 0.3 is 0 Å². The molecule has 0 bridgehead atoms. The Hall–Kier alpha value is -1.29. The van der Waals surface area contributed by atoms with Gasteiger partial charge in [0.1, 0.15) is 16.5 Å². The number of pyridine rings is 1. The van der Waals surface area contributed by atoms with E-state index in [9.17, 15) is 0 Å². The van der Waals surface area contributed by atoms with Gasteiger partial charge in [-0.3, -0.25) is 4.98 Å². The van der Waals surface area contributed by atoms with Gasteiger partial charge in [-0.05, 0) is 18.2 Å². The standard InChI is InChI=1S/C12H10Cl2N2O/c13-10-2-1-3-11(12(10)14)17-9-4-5-16-8(6-9)7-15/h1-6H,7,15H2. The van der Waals surface area contributed by atoms with E-state index in [4.69, 9.17) is 33.7 Å². The van der Waals surface area contributed by atoms with Crippen molar-refractivity contribution in [2.45, 2.75) is 6.54 Å². The molecule has 88 valence electrons. The molecule has 0 aliphatic rings. The highest BCUT2D eigenvalue weighted by atomic mass is 35.5. The van der Waals surface area contributed by atoms with Crippen LogP contribution in [0, 0.1) is 0 Å². The Morgan fingerprint density at radius 2 is 2.06 bits per heavy atom. The molecule has 17 heavy (non-hydrogen) atoms. The zero-order valence-electron chi connectivity index (χ0n) is 8.86. The molecule has 1 aromatic carbocycles. The maximum Gasteiger partial charge on any atom is 0.147 e. The summed E-state index contributed by atoms with van der Waals surface area (Å²) in [7, 11) is 0. The van der Waals surface area contributed by atoms with E-state index in [0.29, 0.717) is 28.1 Å². The Labute approximate surface area is 109 Å². The molecule has 5 heteroatoms. The van der Waals surface area contributed by atoms with Crippen LogP contribution in [0.15, 0.2) is 36.5 Å². The summed E-state index contributed by atoms with van der Waals surface area (Å²) in [6.45, 7) is 0.362. The molecule has 0 saturated carbocycles. The number of aromatic nitrogens is 1. The van der Waals surface area contributed by atoms with Gasteiger partial charge in [-0.2, -0.15) is 0 Å². The van der Waals surface area contributed by atoms with E-state index < -0.39 is 0 Å². The van der Waals surface area contributed by atoms with Gasteiger partial charge in [-0.1, -0.05) is 29.3 Å². The molecule has 1 aromatic heterocycles. The van der Waals surface area contributed by atoms with E-state index in [1.54, 1.807) is 36.5 Å². The minimum atomic E-state index is 0.362. The number of ether oxygens (including phenoxy) is 1. The van der Waals surface area contributed by atoms with Gasteiger partial charge in [0.25, 0.3) is 0 Å². The first-order chi connectivity index (χ1) is 8.20. The second kappa shape index (κ2) is 5.36. The van der Waals surface area contributed by atoms with Crippen molar-refractivity contribution in [3.05, 3.63) is 52.3 Å². The largest absolute Gasteiger partial charge is 0.456 e. The molecule has 0 atom stereocenters. The van der Waals surface area contributed by atoms with Crippen LogP contribution >= 0.6 is 23.2 Å². The molecule has 0 aliphatic carbocycles. The highest BCUT2D eigenvalue weighted by molar-refractivity contribution is 6.42. The van der Waals surface area contributed by atoms with Crippen molar-refractivity contribution in [1.82, 2.24) is 4.98 Å². The number of nitrogens with two attached hydrogens (primary N) is 1. The van der Waals surface area contributed by atoms with E-state index in [2.05, 4.69) is 4.98 Å². The third kappa shape index (κ3) is 2.88. The van der Waals surface area contributed by atoms with Gasteiger partial charge in [0, 0.05) is 18.8 Å². The van der Waals surface area contributed by atoms with E-state index in [1.807, 2.05) is 0 Å². The maximum absolute atomic E-state index is 6.02. The molecule has 0 unspecified atom stereocenters. The molecular formula is C12H10Cl2N2O. The molecule has 0 fully saturated rings. The molecule has 0 radical (unpaired) electrons. The first-order valence-corrected chi connectivity index (χ1v) is 5.73. The van der Waals surface area contributed by atoms with Gasteiger partial charge < -0.3 is 10.5 Å². The van der Waals surface area contributed by atoms with Crippen molar-refractivity contribution in [2.75, 3.05) is 0 Å². The number of nitrogens with zero attached hydrogens (tertiary/aromatic N) is 1. The van der Waals surface area contributed by atoms with Crippen LogP contribution < -0.4 is 10.5 Å². The molecule has 0 saturated heterocycles. The van der Waals surface area contributed by atoms with E-state index in [1.165, 1.54) is 0 Å². The number of hydrogen-bond acceptors (Lipinski definition) is 3. The van der Waals surface area contributed by atoms with Gasteiger partial charge in [0.15, 0.2) is 0 Å². The summed E-state index contributed by atoms with van der Waals surface area (Å²) >= 11 is 11.9. The number of hydrogen-bond donors (Lipinski definition) is 1. The minimum absolute atomic E-state index is 0.362. The van der Waals surface area contributed by atoms with Crippen molar-refractivity contribution < 1.29 is 4.74 Å². The first-order valence-electron chi connectivity index (χ1n) is 4.97. The molecule has 1 heterocycles. The van der Waals surface area contributed by atoms with Gasteiger partial charge in [-0.15, -0.1) is 0 Å². The quantitative estimate of drug-likeness (QED) is 0.925. The normalized spacial score (nSPS) is 10.3. The number of rotatable bonds is 3. The van der Waals surface area contributed by atoms with Crippen molar-refractivity contribution in [3.63, 3.8) is 0 Å².